The Hall–Kier alpha value is 0.476. The van der Waals surface area contributed by atoms with Crippen molar-refractivity contribution < 1.29 is 17.1 Å². The maximum Gasteiger partial charge on any atom is 0.0328 e. The zero-order valence-corrected chi connectivity index (χ0v) is 8.24. The minimum absolute atomic E-state index is 0. The third kappa shape index (κ3) is 6.48. The van der Waals surface area contributed by atoms with Crippen LogP contribution in [0.25, 0.3) is 0 Å². The van der Waals surface area contributed by atoms with E-state index in [2.05, 4.69) is 20.8 Å². The number of hydrogen-bond donors (Lipinski definition) is 0. The molecule has 7 heavy (non-hydrogen) atoms. The van der Waals surface area contributed by atoms with E-state index >= 15 is 0 Å². The van der Waals surface area contributed by atoms with Crippen LogP contribution in [-0.2, 0) is 17.1 Å². The van der Waals surface area contributed by atoms with E-state index in [0.29, 0.717) is 0 Å². The normalized spacial score (nSPS) is 7.29. The van der Waals surface area contributed by atoms with Crippen molar-refractivity contribution in [2.45, 2.75) is 20.8 Å². The first-order valence-corrected chi connectivity index (χ1v) is 3.25. The van der Waals surface area contributed by atoms with Crippen molar-refractivity contribution in [2.24, 2.45) is 0 Å². The summed E-state index contributed by atoms with van der Waals surface area (Å²) < 4.78 is 0. The van der Waals surface area contributed by atoms with Crippen LogP contribution in [0.3, 0.4) is 0 Å². The molecule has 0 aliphatic carbocycles. The molecule has 0 atom stereocenters. The fourth-order valence-electron chi connectivity index (χ4n) is 0. The molecule has 0 fully saturated rings. The SMILES string of the molecule is CC(C)=C(C)[SiH3].[Cu]. The molecule has 2 heteroatoms. The van der Waals surface area contributed by atoms with Crippen LogP contribution in [0.2, 0.25) is 0 Å². The van der Waals surface area contributed by atoms with E-state index in [1.807, 2.05) is 0 Å². The van der Waals surface area contributed by atoms with Crippen LogP contribution >= 0.6 is 0 Å². The maximum absolute atomic E-state index is 2.18. The number of rotatable bonds is 0. The van der Waals surface area contributed by atoms with Crippen LogP contribution in [0.1, 0.15) is 20.8 Å². The molecule has 47 valence electrons. The van der Waals surface area contributed by atoms with Crippen molar-refractivity contribution in [1.29, 1.82) is 0 Å². The first-order chi connectivity index (χ1) is 2.64. The van der Waals surface area contributed by atoms with E-state index in [1.54, 1.807) is 5.20 Å². The minimum atomic E-state index is 0. The van der Waals surface area contributed by atoms with E-state index in [1.165, 1.54) is 15.8 Å². The quantitative estimate of drug-likeness (QED) is 0.461. The largest absolute Gasteiger partial charge is 0.0961 e. The third-order valence-corrected chi connectivity index (χ3v) is 2.00. The zero-order valence-electron chi connectivity index (χ0n) is 5.30. The van der Waals surface area contributed by atoms with Crippen molar-refractivity contribution in [1.82, 2.24) is 0 Å². The molecule has 0 aromatic rings. The molecule has 0 aromatic carbocycles. The van der Waals surface area contributed by atoms with Gasteiger partial charge in [-0.2, -0.15) is 0 Å². The number of hydrogen-bond acceptors (Lipinski definition) is 0. The van der Waals surface area contributed by atoms with Crippen molar-refractivity contribution in [3.63, 3.8) is 0 Å². The molecule has 0 amide bonds. The summed E-state index contributed by atoms with van der Waals surface area (Å²) in [4.78, 5) is 0. The Morgan fingerprint density at radius 2 is 1.29 bits per heavy atom. The van der Waals surface area contributed by atoms with Crippen molar-refractivity contribution >= 4 is 10.2 Å². The fraction of sp³-hybridized carbons (Fsp3) is 0.600. The van der Waals surface area contributed by atoms with Gasteiger partial charge in [0, 0.05) is 27.3 Å². The van der Waals surface area contributed by atoms with Gasteiger partial charge in [-0.05, 0) is 20.8 Å². The Balaban J connectivity index is 0. The molecule has 0 bridgehead atoms. The van der Waals surface area contributed by atoms with Crippen LogP contribution < -0.4 is 0 Å². The maximum atomic E-state index is 2.18. The third-order valence-electron chi connectivity index (χ3n) is 1.00. The molecular weight excluding hydrogens is 152 g/mol. The van der Waals surface area contributed by atoms with Gasteiger partial charge in [0.25, 0.3) is 0 Å². The van der Waals surface area contributed by atoms with E-state index < -0.39 is 0 Å². The minimum Gasteiger partial charge on any atom is -0.0961 e. The summed E-state index contributed by atoms with van der Waals surface area (Å²) >= 11 is 0. The molecule has 1 radical (unpaired) electrons. The summed E-state index contributed by atoms with van der Waals surface area (Å²) in [5.41, 5.74) is 1.49. The second-order valence-electron chi connectivity index (χ2n) is 2.00. The van der Waals surface area contributed by atoms with Crippen molar-refractivity contribution in [3.8, 4) is 0 Å². The molecule has 0 aliphatic rings. The summed E-state index contributed by atoms with van der Waals surface area (Å²) in [6.07, 6.45) is 0. The first-order valence-electron chi connectivity index (χ1n) is 2.25. The molecule has 0 rings (SSSR count). The summed E-state index contributed by atoms with van der Waals surface area (Å²) in [5, 5.41) is 1.56. The number of allylic oxidation sites excluding steroid dienone is 2. The van der Waals surface area contributed by atoms with Gasteiger partial charge in [0.2, 0.25) is 0 Å². The summed E-state index contributed by atoms with van der Waals surface area (Å²) in [5.74, 6) is 0. The van der Waals surface area contributed by atoms with E-state index in [9.17, 15) is 0 Å². The van der Waals surface area contributed by atoms with E-state index in [-0.39, 0.29) is 17.1 Å². The molecule has 0 saturated carbocycles. The molecule has 0 nitrogen and oxygen atoms in total. The van der Waals surface area contributed by atoms with Crippen molar-refractivity contribution in [2.75, 3.05) is 0 Å². The second kappa shape index (κ2) is 4.63. The Morgan fingerprint density at radius 1 is 1.14 bits per heavy atom. The average molecular weight is 164 g/mol. The molecule has 0 heterocycles. The first kappa shape index (κ1) is 10.5. The molecule has 0 aliphatic heterocycles. The molecule has 0 saturated heterocycles. The topological polar surface area (TPSA) is 0 Å². The molecule has 0 unspecified atom stereocenters. The monoisotopic (exact) mass is 163 g/mol. The van der Waals surface area contributed by atoms with Gasteiger partial charge in [0.05, 0.1) is 0 Å². The standard InChI is InChI=1S/C5H12Si.Cu/c1-4(2)5(3)6;/h1-3,6H3;. The van der Waals surface area contributed by atoms with Crippen LogP contribution in [0.5, 0.6) is 0 Å². The van der Waals surface area contributed by atoms with E-state index in [0.717, 1.165) is 0 Å². The summed E-state index contributed by atoms with van der Waals surface area (Å²) in [6.45, 7) is 6.49. The van der Waals surface area contributed by atoms with E-state index in [4.69, 9.17) is 0 Å². The molecule has 0 aromatic heterocycles. The van der Waals surface area contributed by atoms with Gasteiger partial charge in [-0.25, -0.2) is 0 Å². The van der Waals surface area contributed by atoms with Crippen molar-refractivity contribution in [3.05, 3.63) is 10.8 Å². The average Bonchev–Trinajstić information content (AvgIpc) is 1.36. The Labute approximate surface area is 59.3 Å². The van der Waals surface area contributed by atoms with Gasteiger partial charge < -0.3 is 0 Å². The Morgan fingerprint density at radius 3 is 1.29 bits per heavy atom. The molecule has 0 N–H and O–H groups in total. The Bertz CT molecular complexity index is 58.1. The smallest absolute Gasteiger partial charge is 0.0328 e. The summed E-state index contributed by atoms with van der Waals surface area (Å²) in [6, 6.07) is 0. The second-order valence-corrected chi connectivity index (χ2v) is 3.50. The van der Waals surface area contributed by atoms with Gasteiger partial charge in [-0.3, -0.25) is 0 Å². The van der Waals surface area contributed by atoms with Gasteiger partial charge in [0.15, 0.2) is 0 Å². The Kier molecular flexibility index (Phi) is 6.92. The van der Waals surface area contributed by atoms with Crippen LogP contribution in [0, 0.1) is 0 Å². The predicted molar refractivity (Wildman–Crippen MR) is 34.0 cm³/mol. The summed E-state index contributed by atoms with van der Waals surface area (Å²) in [7, 11) is 1.23. The van der Waals surface area contributed by atoms with Gasteiger partial charge in [-0.15, -0.1) is 0 Å². The fourth-order valence-corrected chi connectivity index (χ4v) is 0. The van der Waals surface area contributed by atoms with Crippen LogP contribution in [-0.4, -0.2) is 10.2 Å². The van der Waals surface area contributed by atoms with Crippen LogP contribution in [0.15, 0.2) is 10.8 Å². The van der Waals surface area contributed by atoms with Gasteiger partial charge in [-0.1, -0.05) is 10.8 Å². The van der Waals surface area contributed by atoms with Gasteiger partial charge in [0.1, 0.15) is 0 Å². The molecule has 0 spiro atoms. The zero-order chi connectivity index (χ0) is 5.15. The predicted octanol–water partition coefficient (Wildman–Crippen LogP) is 0.663. The van der Waals surface area contributed by atoms with Gasteiger partial charge >= 0.3 is 0 Å². The molecular formula is C5H12CuSi. The van der Waals surface area contributed by atoms with Crippen LogP contribution in [0.4, 0.5) is 0 Å².